The number of nitrogens with two attached hydrogens (primary N) is 1. The number of halogens is 1. The minimum atomic E-state index is -1.55. The van der Waals surface area contributed by atoms with Crippen LogP contribution in [0.4, 0.5) is 5.82 Å². The Kier molecular flexibility index (Phi) is 4.59. The molecule has 0 atom stereocenters. The summed E-state index contributed by atoms with van der Waals surface area (Å²) in [7, 11) is 1.42. The Balaban J connectivity index is 2.96. The number of carboxylic acid groups (broad SMARTS) is 2. The fourth-order valence-corrected chi connectivity index (χ4v) is 2.71. The van der Waals surface area contributed by atoms with Crippen molar-refractivity contribution < 1.29 is 24.5 Å². The zero-order valence-corrected chi connectivity index (χ0v) is 13.9. The van der Waals surface area contributed by atoms with E-state index in [4.69, 9.17) is 10.5 Å². The van der Waals surface area contributed by atoms with Gasteiger partial charge in [0, 0.05) is 5.56 Å². The van der Waals surface area contributed by atoms with E-state index in [2.05, 4.69) is 0 Å². The van der Waals surface area contributed by atoms with E-state index in [1.165, 1.54) is 19.2 Å². The largest absolute Gasteiger partial charge is 0.496 e. The first-order chi connectivity index (χ1) is 10.8. The van der Waals surface area contributed by atoms with Gasteiger partial charge >= 0.3 is 11.9 Å². The molecule has 120 valence electrons. The van der Waals surface area contributed by atoms with E-state index in [-0.39, 0.29) is 11.1 Å². The number of H-pyrrole nitrogens is 1. The molecule has 0 amide bonds. The van der Waals surface area contributed by atoms with Gasteiger partial charge in [0.2, 0.25) is 0 Å². The molecule has 0 saturated heterocycles. The second-order valence-electron chi connectivity index (χ2n) is 4.45. The van der Waals surface area contributed by atoms with Crippen LogP contribution in [0.3, 0.4) is 0 Å². The topological polar surface area (TPSA) is 143 Å². The van der Waals surface area contributed by atoms with E-state index in [0.29, 0.717) is 5.75 Å². The standard InChI is InChI=1S/C14H11IN2O6/c1-23-7-4-5(2-3-6(7)15)8-9(13(19)20)11(16)17-12(18)10(8)14(21)22/h2-4H,1H3,(H,19,20)(H,21,22)(H3,16,17,18). The van der Waals surface area contributed by atoms with Crippen LogP contribution < -0.4 is 16.0 Å². The maximum absolute atomic E-state index is 11.9. The molecule has 5 N–H and O–H groups in total. The first kappa shape index (κ1) is 16.8. The Bertz CT molecular complexity index is 874. The molecule has 2 aromatic rings. The second kappa shape index (κ2) is 6.28. The van der Waals surface area contributed by atoms with Gasteiger partial charge in [-0.25, -0.2) is 9.59 Å². The van der Waals surface area contributed by atoms with Gasteiger partial charge in [-0.1, -0.05) is 6.07 Å². The third-order valence-corrected chi connectivity index (χ3v) is 4.00. The highest BCUT2D eigenvalue weighted by atomic mass is 127. The van der Waals surface area contributed by atoms with E-state index in [9.17, 15) is 24.6 Å². The van der Waals surface area contributed by atoms with E-state index in [1.807, 2.05) is 27.6 Å². The summed E-state index contributed by atoms with van der Waals surface area (Å²) in [5.41, 5.74) is 3.35. The quantitative estimate of drug-likeness (QED) is 0.540. The number of aromatic carboxylic acids is 2. The molecule has 0 aliphatic rings. The monoisotopic (exact) mass is 430 g/mol. The minimum Gasteiger partial charge on any atom is -0.496 e. The molecule has 0 fully saturated rings. The predicted octanol–water partition coefficient (Wildman–Crippen LogP) is 1.63. The van der Waals surface area contributed by atoms with Gasteiger partial charge in [-0.05, 0) is 40.3 Å². The number of pyridine rings is 1. The van der Waals surface area contributed by atoms with Crippen LogP contribution in [-0.4, -0.2) is 34.2 Å². The molecule has 0 aliphatic carbocycles. The molecule has 8 nitrogen and oxygen atoms in total. The molecule has 0 spiro atoms. The van der Waals surface area contributed by atoms with E-state index >= 15 is 0 Å². The number of carbonyl (C=O) groups is 2. The van der Waals surface area contributed by atoms with Crippen molar-refractivity contribution >= 4 is 40.3 Å². The number of aromatic amines is 1. The number of rotatable bonds is 4. The van der Waals surface area contributed by atoms with Gasteiger partial charge in [0.1, 0.15) is 22.7 Å². The maximum Gasteiger partial charge on any atom is 0.342 e. The van der Waals surface area contributed by atoms with Crippen LogP contribution in [0.2, 0.25) is 0 Å². The molecule has 2 rings (SSSR count). The highest BCUT2D eigenvalue weighted by Gasteiger charge is 2.26. The summed E-state index contributed by atoms with van der Waals surface area (Å²) in [4.78, 5) is 36.9. The number of carboxylic acids is 2. The van der Waals surface area contributed by atoms with E-state index in [1.54, 1.807) is 6.07 Å². The van der Waals surface area contributed by atoms with Crippen molar-refractivity contribution in [3.63, 3.8) is 0 Å². The summed E-state index contributed by atoms with van der Waals surface area (Å²) < 4.78 is 5.89. The lowest BCUT2D eigenvalue weighted by molar-refractivity contribution is 0.0695. The Labute approximate surface area is 143 Å². The number of nitrogen functional groups attached to an aromatic ring is 1. The van der Waals surface area contributed by atoms with Gasteiger partial charge in [0.25, 0.3) is 5.56 Å². The maximum atomic E-state index is 11.9. The number of benzene rings is 1. The summed E-state index contributed by atoms with van der Waals surface area (Å²) in [6.45, 7) is 0. The van der Waals surface area contributed by atoms with Crippen molar-refractivity contribution in [2.45, 2.75) is 0 Å². The summed E-state index contributed by atoms with van der Waals surface area (Å²) in [5.74, 6) is -3.01. The zero-order valence-electron chi connectivity index (χ0n) is 11.7. The van der Waals surface area contributed by atoms with E-state index in [0.717, 1.165) is 3.57 Å². The van der Waals surface area contributed by atoms with E-state index < -0.39 is 34.4 Å². The van der Waals surface area contributed by atoms with Gasteiger partial charge in [0.05, 0.1) is 10.7 Å². The molecule has 1 heterocycles. The normalized spacial score (nSPS) is 10.3. The molecule has 0 saturated carbocycles. The average Bonchev–Trinajstić information content (AvgIpc) is 2.45. The van der Waals surface area contributed by atoms with Gasteiger partial charge in [-0.15, -0.1) is 0 Å². The number of nitrogens with one attached hydrogen (secondary N) is 1. The lowest BCUT2D eigenvalue weighted by atomic mass is 9.95. The summed E-state index contributed by atoms with van der Waals surface area (Å²) in [5, 5.41) is 18.7. The second-order valence-corrected chi connectivity index (χ2v) is 5.61. The van der Waals surface area contributed by atoms with Gasteiger partial charge < -0.3 is 25.7 Å². The number of methoxy groups -OCH3 is 1. The minimum absolute atomic E-state index is 0.204. The number of ether oxygens (including phenoxy) is 1. The molecule has 1 aromatic carbocycles. The lowest BCUT2D eigenvalue weighted by Gasteiger charge is -2.13. The van der Waals surface area contributed by atoms with Crippen molar-refractivity contribution in [3.8, 4) is 16.9 Å². The molecule has 0 aliphatic heterocycles. The summed E-state index contributed by atoms with van der Waals surface area (Å²) in [6.07, 6.45) is 0. The summed E-state index contributed by atoms with van der Waals surface area (Å²) >= 11 is 2.00. The van der Waals surface area contributed by atoms with Crippen molar-refractivity contribution in [2.75, 3.05) is 12.8 Å². The first-order valence-electron chi connectivity index (χ1n) is 6.14. The molecule has 23 heavy (non-hydrogen) atoms. The van der Waals surface area contributed by atoms with Crippen LogP contribution in [0.5, 0.6) is 5.75 Å². The molecular weight excluding hydrogens is 419 g/mol. The lowest BCUT2D eigenvalue weighted by Crippen LogP contribution is -2.24. The van der Waals surface area contributed by atoms with Crippen molar-refractivity contribution in [2.24, 2.45) is 0 Å². The third kappa shape index (κ3) is 2.99. The Morgan fingerprint density at radius 1 is 1.22 bits per heavy atom. The van der Waals surface area contributed by atoms with Crippen LogP contribution in [0.15, 0.2) is 23.0 Å². The summed E-state index contributed by atoms with van der Waals surface area (Å²) in [6, 6.07) is 4.57. The van der Waals surface area contributed by atoms with Gasteiger partial charge in [-0.3, -0.25) is 4.79 Å². The van der Waals surface area contributed by atoms with Crippen molar-refractivity contribution in [3.05, 3.63) is 43.2 Å². The highest BCUT2D eigenvalue weighted by molar-refractivity contribution is 14.1. The van der Waals surface area contributed by atoms with Gasteiger partial charge in [0.15, 0.2) is 0 Å². The van der Waals surface area contributed by atoms with Crippen molar-refractivity contribution in [1.82, 2.24) is 4.98 Å². The number of anilines is 1. The third-order valence-electron chi connectivity index (χ3n) is 3.11. The SMILES string of the molecule is COc1cc(-c2c(C(=O)O)c(N)[nH]c(=O)c2C(=O)O)ccc1I. The van der Waals surface area contributed by atoms with Crippen LogP contribution >= 0.6 is 22.6 Å². The zero-order chi connectivity index (χ0) is 17.3. The number of hydrogen-bond donors (Lipinski definition) is 4. The van der Waals surface area contributed by atoms with Crippen LogP contribution in [-0.2, 0) is 0 Å². The van der Waals surface area contributed by atoms with Gasteiger partial charge in [-0.2, -0.15) is 0 Å². The molecule has 0 bridgehead atoms. The van der Waals surface area contributed by atoms with Crippen LogP contribution in [0, 0.1) is 3.57 Å². The molecule has 1 aromatic heterocycles. The fraction of sp³-hybridized carbons (Fsp3) is 0.0714. The molecular formula is C14H11IN2O6. The Morgan fingerprint density at radius 2 is 1.83 bits per heavy atom. The number of hydrogen-bond acceptors (Lipinski definition) is 5. The molecule has 9 heteroatoms. The first-order valence-corrected chi connectivity index (χ1v) is 7.22. The molecule has 0 radical (unpaired) electrons. The predicted molar refractivity (Wildman–Crippen MR) is 90.1 cm³/mol. The Morgan fingerprint density at radius 3 is 2.35 bits per heavy atom. The van der Waals surface area contributed by atoms with Crippen LogP contribution in [0.1, 0.15) is 20.7 Å². The highest BCUT2D eigenvalue weighted by Crippen LogP contribution is 2.33. The fourth-order valence-electron chi connectivity index (χ4n) is 2.15. The van der Waals surface area contributed by atoms with Crippen LogP contribution in [0.25, 0.3) is 11.1 Å². The Hall–Kier alpha value is -2.56. The molecule has 0 unspecified atom stereocenters. The average molecular weight is 430 g/mol. The van der Waals surface area contributed by atoms with Crippen molar-refractivity contribution in [1.29, 1.82) is 0 Å². The smallest absolute Gasteiger partial charge is 0.342 e. The number of aromatic nitrogens is 1.